The number of aromatic amines is 1. The number of imidazole rings is 1. The summed E-state index contributed by atoms with van der Waals surface area (Å²) in [7, 11) is 0. The SMILES string of the molecule is OC(=Cc1nc2ccc(Cl)cc2[nH]1)c1cc(F)cc(F)c1. The molecule has 0 fully saturated rings. The molecule has 0 spiro atoms. The van der Waals surface area contributed by atoms with Gasteiger partial charge in [-0.05, 0) is 30.3 Å². The molecule has 0 bridgehead atoms. The molecule has 3 rings (SSSR count). The van der Waals surface area contributed by atoms with Gasteiger partial charge in [0.25, 0.3) is 0 Å². The van der Waals surface area contributed by atoms with Crippen LogP contribution in [0.5, 0.6) is 0 Å². The molecule has 3 aromatic rings. The van der Waals surface area contributed by atoms with Gasteiger partial charge >= 0.3 is 0 Å². The predicted molar refractivity (Wildman–Crippen MR) is 78.0 cm³/mol. The Morgan fingerprint density at radius 3 is 2.57 bits per heavy atom. The number of nitrogens with zero attached hydrogens (tertiary/aromatic N) is 1. The highest BCUT2D eigenvalue weighted by atomic mass is 35.5. The Balaban J connectivity index is 2.02. The first-order valence-corrected chi connectivity index (χ1v) is 6.41. The van der Waals surface area contributed by atoms with Gasteiger partial charge in [0.15, 0.2) is 0 Å². The normalized spacial score (nSPS) is 12.0. The van der Waals surface area contributed by atoms with Gasteiger partial charge in [0, 0.05) is 22.7 Å². The van der Waals surface area contributed by atoms with Gasteiger partial charge in [0.1, 0.15) is 23.2 Å². The van der Waals surface area contributed by atoms with E-state index in [0.717, 1.165) is 18.2 Å². The first kappa shape index (κ1) is 13.6. The van der Waals surface area contributed by atoms with E-state index in [1.165, 1.54) is 6.08 Å². The smallest absolute Gasteiger partial charge is 0.134 e. The van der Waals surface area contributed by atoms with Gasteiger partial charge in [-0.1, -0.05) is 11.6 Å². The number of halogens is 3. The van der Waals surface area contributed by atoms with E-state index in [2.05, 4.69) is 9.97 Å². The molecule has 2 aromatic carbocycles. The summed E-state index contributed by atoms with van der Waals surface area (Å²) in [4.78, 5) is 7.17. The van der Waals surface area contributed by atoms with Crippen LogP contribution in [0.3, 0.4) is 0 Å². The summed E-state index contributed by atoms with van der Waals surface area (Å²) < 4.78 is 26.2. The molecule has 0 aliphatic carbocycles. The molecule has 0 amide bonds. The van der Waals surface area contributed by atoms with E-state index in [1.807, 2.05) is 0 Å². The lowest BCUT2D eigenvalue weighted by molar-refractivity contribution is 0.511. The molecule has 0 saturated carbocycles. The fraction of sp³-hybridized carbons (Fsp3) is 0. The molecule has 0 atom stereocenters. The standard InChI is InChI=1S/C15H9ClF2N2O/c16-9-1-2-12-13(5-9)20-15(19-12)7-14(21)8-3-10(17)6-11(18)4-8/h1-7,21H,(H,19,20). The Bertz CT molecular complexity index is 838. The van der Waals surface area contributed by atoms with Gasteiger partial charge in [0.05, 0.1) is 11.0 Å². The Hall–Kier alpha value is -2.40. The van der Waals surface area contributed by atoms with Crippen molar-refractivity contribution in [3.63, 3.8) is 0 Å². The van der Waals surface area contributed by atoms with Gasteiger partial charge in [0.2, 0.25) is 0 Å². The Morgan fingerprint density at radius 1 is 1.14 bits per heavy atom. The molecule has 106 valence electrons. The van der Waals surface area contributed by atoms with Gasteiger partial charge < -0.3 is 10.1 Å². The van der Waals surface area contributed by atoms with E-state index in [0.29, 0.717) is 21.9 Å². The van der Waals surface area contributed by atoms with Crippen molar-refractivity contribution in [3.05, 3.63) is 64.4 Å². The van der Waals surface area contributed by atoms with Crippen LogP contribution in [-0.2, 0) is 0 Å². The molecule has 0 radical (unpaired) electrons. The van der Waals surface area contributed by atoms with Crippen molar-refractivity contribution in [2.75, 3.05) is 0 Å². The second-order valence-electron chi connectivity index (χ2n) is 4.47. The molecule has 6 heteroatoms. The van der Waals surface area contributed by atoms with E-state index < -0.39 is 11.6 Å². The second kappa shape index (κ2) is 5.18. The minimum Gasteiger partial charge on any atom is -0.507 e. The van der Waals surface area contributed by atoms with Crippen LogP contribution in [0.4, 0.5) is 8.78 Å². The first-order chi connectivity index (χ1) is 10.0. The van der Waals surface area contributed by atoms with Crippen LogP contribution in [-0.4, -0.2) is 15.1 Å². The number of aliphatic hydroxyl groups excluding tert-OH is 1. The number of rotatable bonds is 2. The molecule has 1 aromatic heterocycles. The molecule has 2 N–H and O–H groups in total. The maximum absolute atomic E-state index is 13.1. The summed E-state index contributed by atoms with van der Waals surface area (Å²) in [5.74, 6) is -1.46. The van der Waals surface area contributed by atoms with E-state index >= 15 is 0 Å². The highest BCUT2D eigenvalue weighted by Gasteiger charge is 2.07. The average Bonchev–Trinajstić information content (AvgIpc) is 2.78. The van der Waals surface area contributed by atoms with Crippen LogP contribution < -0.4 is 0 Å². The third-order valence-electron chi connectivity index (χ3n) is 2.89. The molecule has 0 unspecified atom stereocenters. The van der Waals surface area contributed by atoms with Crippen LogP contribution in [0.25, 0.3) is 22.9 Å². The lowest BCUT2D eigenvalue weighted by Crippen LogP contribution is -1.88. The largest absolute Gasteiger partial charge is 0.507 e. The number of fused-ring (bicyclic) bond motifs is 1. The van der Waals surface area contributed by atoms with Gasteiger partial charge in [-0.15, -0.1) is 0 Å². The van der Waals surface area contributed by atoms with E-state index in [4.69, 9.17) is 11.6 Å². The summed E-state index contributed by atoms with van der Waals surface area (Å²) >= 11 is 5.87. The first-order valence-electron chi connectivity index (χ1n) is 6.04. The average molecular weight is 307 g/mol. The third-order valence-corrected chi connectivity index (χ3v) is 3.13. The summed E-state index contributed by atoms with van der Waals surface area (Å²) in [6.07, 6.45) is 1.29. The zero-order chi connectivity index (χ0) is 15.0. The number of benzene rings is 2. The lowest BCUT2D eigenvalue weighted by Gasteiger charge is -2.00. The van der Waals surface area contributed by atoms with Crippen molar-refractivity contribution in [2.24, 2.45) is 0 Å². The number of nitrogens with one attached hydrogen (secondary N) is 1. The van der Waals surface area contributed by atoms with Crippen LogP contribution in [0, 0.1) is 11.6 Å². The van der Waals surface area contributed by atoms with Crippen molar-refractivity contribution in [1.82, 2.24) is 9.97 Å². The van der Waals surface area contributed by atoms with E-state index in [9.17, 15) is 13.9 Å². The Labute approximate surface area is 123 Å². The Morgan fingerprint density at radius 2 is 1.86 bits per heavy atom. The monoisotopic (exact) mass is 306 g/mol. The van der Waals surface area contributed by atoms with Crippen molar-refractivity contribution in [2.45, 2.75) is 0 Å². The maximum Gasteiger partial charge on any atom is 0.134 e. The number of hydrogen-bond acceptors (Lipinski definition) is 2. The summed E-state index contributed by atoms with van der Waals surface area (Å²) in [6.45, 7) is 0. The number of aromatic nitrogens is 2. The fourth-order valence-corrected chi connectivity index (χ4v) is 2.16. The van der Waals surface area contributed by atoms with Crippen LogP contribution in [0.2, 0.25) is 5.02 Å². The number of H-pyrrole nitrogens is 1. The van der Waals surface area contributed by atoms with Crippen molar-refractivity contribution in [3.8, 4) is 0 Å². The fourth-order valence-electron chi connectivity index (χ4n) is 1.98. The highest BCUT2D eigenvalue weighted by Crippen LogP contribution is 2.21. The zero-order valence-electron chi connectivity index (χ0n) is 10.6. The summed E-state index contributed by atoms with van der Waals surface area (Å²) in [6, 6.07) is 7.92. The lowest BCUT2D eigenvalue weighted by atomic mass is 10.1. The summed E-state index contributed by atoms with van der Waals surface area (Å²) in [5.41, 5.74) is 1.40. The van der Waals surface area contributed by atoms with Gasteiger partial charge in [-0.25, -0.2) is 13.8 Å². The molecule has 21 heavy (non-hydrogen) atoms. The highest BCUT2D eigenvalue weighted by molar-refractivity contribution is 6.31. The topological polar surface area (TPSA) is 48.9 Å². The molecular formula is C15H9ClF2N2O. The molecular weight excluding hydrogens is 298 g/mol. The van der Waals surface area contributed by atoms with Gasteiger partial charge in [-0.3, -0.25) is 0 Å². The molecule has 3 nitrogen and oxygen atoms in total. The number of aliphatic hydroxyl groups is 1. The molecule has 1 heterocycles. The number of hydrogen-bond donors (Lipinski definition) is 2. The van der Waals surface area contributed by atoms with E-state index in [-0.39, 0.29) is 11.3 Å². The molecule has 0 aliphatic heterocycles. The minimum absolute atomic E-state index is 0.0333. The zero-order valence-corrected chi connectivity index (χ0v) is 11.3. The summed E-state index contributed by atoms with van der Waals surface area (Å²) in [5, 5.41) is 10.5. The van der Waals surface area contributed by atoms with Crippen molar-refractivity contribution >= 4 is 34.5 Å². The second-order valence-corrected chi connectivity index (χ2v) is 4.91. The molecule has 0 saturated heterocycles. The maximum atomic E-state index is 13.1. The Kier molecular flexibility index (Phi) is 3.35. The van der Waals surface area contributed by atoms with Crippen molar-refractivity contribution in [1.29, 1.82) is 0 Å². The van der Waals surface area contributed by atoms with Crippen LogP contribution in [0.15, 0.2) is 36.4 Å². The predicted octanol–water partition coefficient (Wildman–Crippen LogP) is 4.55. The van der Waals surface area contributed by atoms with Gasteiger partial charge in [-0.2, -0.15) is 0 Å². The van der Waals surface area contributed by atoms with Crippen LogP contribution in [0.1, 0.15) is 11.4 Å². The van der Waals surface area contributed by atoms with E-state index in [1.54, 1.807) is 18.2 Å². The molecule has 0 aliphatic rings. The minimum atomic E-state index is -0.763. The van der Waals surface area contributed by atoms with Crippen LogP contribution >= 0.6 is 11.6 Å². The third kappa shape index (κ3) is 2.87. The quantitative estimate of drug-likeness (QED) is 0.682. The van der Waals surface area contributed by atoms with Crippen molar-refractivity contribution < 1.29 is 13.9 Å².